The average molecular weight is 460 g/mol. The van der Waals surface area contributed by atoms with Crippen LogP contribution in [0, 0.1) is 5.92 Å². The number of ether oxygens (including phenoxy) is 2. The van der Waals surface area contributed by atoms with Crippen LogP contribution in [0.2, 0.25) is 0 Å². The second kappa shape index (κ2) is 8.62. The molecular weight excluding hydrogens is 436 g/mol. The summed E-state index contributed by atoms with van der Waals surface area (Å²) in [6.45, 7) is 2.31. The fourth-order valence-corrected chi connectivity index (χ4v) is 3.80. The van der Waals surface area contributed by atoms with Crippen molar-refractivity contribution in [2.45, 2.75) is 19.8 Å². The topological polar surface area (TPSA) is 124 Å². The van der Waals surface area contributed by atoms with Crippen molar-refractivity contribution in [3.05, 3.63) is 42.4 Å². The number of nitrogens with one attached hydrogen (secondary N) is 2. The Bertz CT molecular complexity index is 1400. The predicted molar refractivity (Wildman–Crippen MR) is 125 cm³/mol. The lowest BCUT2D eigenvalue weighted by atomic mass is 10.1. The molecule has 1 fully saturated rings. The van der Waals surface area contributed by atoms with Gasteiger partial charge in [-0.3, -0.25) is 9.48 Å². The fourth-order valence-electron chi connectivity index (χ4n) is 3.80. The van der Waals surface area contributed by atoms with Gasteiger partial charge < -0.3 is 19.8 Å². The monoisotopic (exact) mass is 460 g/mol. The van der Waals surface area contributed by atoms with E-state index in [9.17, 15) is 9.59 Å². The molecule has 4 aromatic rings. The minimum absolute atomic E-state index is 0.00961. The number of hydrogen-bond acceptors (Lipinski definition) is 7. The zero-order valence-electron chi connectivity index (χ0n) is 19.1. The van der Waals surface area contributed by atoms with Gasteiger partial charge in [-0.05, 0) is 38.0 Å². The number of H-pyrrole nitrogens is 1. The van der Waals surface area contributed by atoms with Crippen LogP contribution in [0.1, 0.15) is 30.1 Å². The van der Waals surface area contributed by atoms with Crippen molar-refractivity contribution in [1.82, 2.24) is 24.7 Å². The van der Waals surface area contributed by atoms with E-state index in [1.807, 2.05) is 38.4 Å². The van der Waals surface area contributed by atoms with E-state index < -0.39 is 5.97 Å². The third-order valence-corrected chi connectivity index (χ3v) is 5.69. The summed E-state index contributed by atoms with van der Waals surface area (Å²) in [4.78, 5) is 37.0. The SMILES string of the molecule is CCOc1ncc(-c2ccn(C)n2)cc1-c1cc2c(C(=O)OC)cnc(NC(=O)C3CC3)c2[nH]1. The van der Waals surface area contributed by atoms with Crippen molar-refractivity contribution in [2.75, 3.05) is 19.0 Å². The van der Waals surface area contributed by atoms with Crippen molar-refractivity contribution in [1.29, 1.82) is 0 Å². The van der Waals surface area contributed by atoms with Gasteiger partial charge in [0.15, 0.2) is 5.82 Å². The standard InChI is InChI=1S/C24H24N6O4/c1-4-34-23-16(9-14(11-26-23)18-7-8-30(2)29-18)19-10-15-17(24(32)33-3)12-25-21(20(15)27-19)28-22(31)13-5-6-13/h7-13,27H,4-6H2,1-3H3,(H,25,28,31). The summed E-state index contributed by atoms with van der Waals surface area (Å²) in [5.74, 6) is 0.205. The van der Waals surface area contributed by atoms with Crippen LogP contribution in [0.3, 0.4) is 0 Å². The first-order chi connectivity index (χ1) is 16.5. The minimum Gasteiger partial charge on any atom is -0.477 e. The second-order valence-corrected chi connectivity index (χ2v) is 8.13. The van der Waals surface area contributed by atoms with Crippen LogP contribution in [0.25, 0.3) is 33.4 Å². The number of amides is 1. The number of nitrogens with zero attached hydrogens (tertiary/aromatic N) is 4. The molecule has 0 spiro atoms. The first-order valence-electron chi connectivity index (χ1n) is 11.0. The van der Waals surface area contributed by atoms with Crippen LogP contribution >= 0.6 is 0 Å². The summed E-state index contributed by atoms with van der Waals surface area (Å²) in [5.41, 5.74) is 3.74. The Morgan fingerprint density at radius 1 is 1.24 bits per heavy atom. The van der Waals surface area contributed by atoms with Gasteiger partial charge in [0.2, 0.25) is 11.8 Å². The second-order valence-electron chi connectivity index (χ2n) is 8.13. The van der Waals surface area contributed by atoms with E-state index in [1.165, 1.54) is 13.3 Å². The van der Waals surface area contributed by atoms with Gasteiger partial charge in [-0.1, -0.05) is 0 Å². The maximum absolute atomic E-state index is 12.4. The molecule has 10 nitrogen and oxygen atoms in total. The Balaban J connectivity index is 1.66. The number of carbonyl (C=O) groups excluding carboxylic acids is 2. The summed E-state index contributed by atoms with van der Waals surface area (Å²) >= 11 is 0. The molecule has 0 aliphatic heterocycles. The highest BCUT2D eigenvalue weighted by atomic mass is 16.5. The van der Waals surface area contributed by atoms with E-state index in [0.29, 0.717) is 40.5 Å². The molecule has 4 heterocycles. The van der Waals surface area contributed by atoms with Crippen molar-refractivity contribution in [2.24, 2.45) is 13.0 Å². The molecule has 1 aliphatic rings. The van der Waals surface area contributed by atoms with Crippen LogP contribution in [-0.4, -0.2) is 50.3 Å². The molecule has 0 aromatic carbocycles. The lowest BCUT2D eigenvalue weighted by Gasteiger charge is -2.09. The first-order valence-corrected chi connectivity index (χ1v) is 11.0. The van der Waals surface area contributed by atoms with E-state index in [1.54, 1.807) is 10.9 Å². The number of esters is 1. The number of carbonyl (C=O) groups is 2. The van der Waals surface area contributed by atoms with Gasteiger partial charge >= 0.3 is 5.97 Å². The van der Waals surface area contributed by atoms with Crippen LogP contribution in [0.5, 0.6) is 5.88 Å². The number of pyridine rings is 2. The Hall–Kier alpha value is -4.21. The van der Waals surface area contributed by atoms with Crippen LogP contribution < -0.4 is 10.1 Å². The highest BCUT2D eigenvalue weighted by Crippen LogP contribution is 2.37. The summed E-state index contributed by atoms with van der Waals surface area (Å²) in [7, 11) is 3.17. The molecular formula is C24H24N6O4. The van der Waals surface area contributed by atoms with Crippen molar-refractivity contribution < 1.29 is 19.1 Å². The molecule has 1 aliphatic carbocycles. The molecule has 0 atom stereocenters. The van der Waals surface area contributed by atoms with Gasteiger partial charge in [0, 0.05) is 42.5 Å². The number of aromatic amines is 1. The van der Waals surface area contributed by atoms with Gasteiger partial charge in [0.1, 0.15) is 0 Å². The maximum atomic E-state index is 12.4. The van der Waals surface area contributed by atoms with E-state index in [4.69, 9.17) is 9.47 Å². The summed E-state index contributed by atoms with van der Waals surface area (Å²) in [5, 5.41) is 7.92. The normalized spacial score (nSPS) is 13.1. The third kappa shape index (κ3) is 3.98. The summed E-state index contributed by atoms with van der Waals surface area (Å²) in [6, 6.07) is 5.65. The molecule has 1 amide bonds. The molecule has 34 heavy (non-hydrogen) atoms. The van der Waals surface area contributed by atoms with Gasteiger partial charge in [-0.2, -0.15) is 5.10 Å². The highest BCUT2D eigenvalue weighted by Gasteiger charge is 2.30. The molecule has 4 aromatic heterocycles. The lowest BCUT2D eigenvalue weighted by molar-refractivity contribution is -0.117. The molecule has 1 saturated carbocycles. The highest BCUT2D eigenvalue weighted by molar-refractivity contribution is 6.10. The number of hydrogen-bond donors (Lipinski definition) is 2. The van der Waals surface area contributed by atoms with E-state index in [0.717, 1.165) is 24.1 Å². The zero-order chi connectivity index (χ0) is 23.8. The summed E-state index contributed by atoms with van der Waals surface area (Å²) < 4.78 is 12.4. The molecule has 0 unspecified atom stereocenters. The number of rotatable bonds is 7. The van der Waals surface area contributed by atoms with Crippen molar-refractivity contribution in [3.8, 4) is 28.4 Å². The largest absolute Gasteiger partial charge is 0.477 e. The number of methoxy groups -OCH3 is 1. The van der Waals surface area contributed by atoms with Crippen molar-refractivity contribution >= 4 is 28.6 Å². The Morgan fingerprint density at radius 3 is 2.74 bits per heavy atom. The number of anilines is 1. The van der Waals surface area contributed by atoms with Crippen molar-refractivity contribution in [3.63, 3.8) is 0 Å². The van der Waals surface area contributed by atoms with Gasteiger partial charge in [-0.25, -0.2) is 14.8 Å². The lowest BCUT2D eigenvalue weighted by Crippen LogP contribution is -2.15. The molecule has 2 N–H and O–H groups in total. The van der Waals surface area contributed by atoms with Gasteiger partial charge in [0.25, 0.3) is 0 Å². The molecule has 0 saturated heterocycles. The van der Waals surface area contributed by atoms with Gasteiger partial charge in [-0.15, -0.1) is 0 Å². The molecule has 0 radical (unpaired) electrons. The van der Waals surface area contributed by atoms with E-state index >= 15 is 0 Å². The van der Waals surface area contributed by atoms with E-state index in [2.05, 4.69) is 25.4 Å². The van der Waals surface area contributed by atoms with Gasteiger partial charge in [0.05, 0.1) is 41.7 Å². The average Bonchev–Trinajstić information content (AvgIpc) is 3.46. The first kappa shape index (κ1) is 21.6. The zero-order valence-corrected chi connectivity index (χ0v) is 19.1. The molecule has 0 bridgehead atoms. The third-order valence-electron chi connectivity index (χ3n) is 5.69. The Kier molecular flexibility index (Phi) is 5.48. The van der Waals surface area contributed by atoms with E-state index in [-0.39, 0.29) is 17.4 Å². The quantitative estimate of drug-likeness (QED) is 0.404. The molecule has 174 valence electrons. The predicted octanol–water partition coefficient (Wildman–Crippen LogP) is 3.56. The smallest absolute Gasteiger partial charge is 0.340 e. The van der Waals surface area contributed by atoms with Crippen LogP contribution in [0.4, 0.5) is 5.82 Å². The minimum atomic E-state index is -0.520. The number of aryl methyl sites for hydroxylation is 1. The molecule has 5 rings (SSSR count). The number of fused-ring (bicyclic) bond motifs is 1. The van der Waals surface area contributed by atoms with Crippen LogP contribution in [-0.2, 0) is 16.6 Å². The maximum Gasteiger partial charge on any atom is 0.340 e. The number of aromatic nitrogens is 5. The molecule has 10 heteroatoms. The Morgan fingerprint density at radius 2 is 2.06 bits per heavy atom. The fraction of sp³-hybridized carbons (Fsp3) is 0.292. The Labute approximate surface area is 195 Å². The summed E-state index contributed by atoms with van der Waals surface area (Å²) in [6.07, 6.45) is 6.73. The van der Waals surface area contributed by atoms with Crippen LogP contribution in [0.15, 0.2) is 36.8 Å².